The predicted molar refractivity (Wildman–Crippen MR) is 210 cm³/mol. The quantitative estimate of drug-likeness (QED) is 0.148. The molecule has 0 radical (unpaired) electrons. The number of nitrogens with zero attached hydrogens (tertiary/aromatic N) is 7. The first-order chi connectivity index (χ1) is 27.6. The zero-order valence-corrected chi connectivity index (χ0v) is 32.8. The number of β-amino-alcohol motifs (C(OH)–C–C–N with tert-alkyl or cyclic N) is 1. The molecule has 2 fully saturated rings. The van der Waals surface area contributed by atoms with Crippen LogP contribution in [0.3, 0.4) is 0 Å². The highest BCUT2D eigenvalue weighted by molar-refractivity contribution is 6.31. The van der Waals surface area contributed by atoms with Gasteiger partial charge in [-0.2, -0.15) is 10.2 Å². The summed E-state index contributed by atoms with van der Waals surface area (Å²) in [5, 5.41) is 34.3. The third-order valence-corrected chi connectivity index (χ3v) is 11.6. The number of hydrogen-bond donors (Lipinski definition) is 2. The largest absolute Gasteiger partial charge is 0.481 e. The van der Waals surface area contributed by atoms with Crippen LogP contribution in [0.2, 0.25) is 5.02 Å². The number of aliphatic hydroxyl groups excluding tert-OH is 1. The maximum atomic E-state index is 11.5. The van der Waals surface area contributed by atoms with E-state index in [9.17, 15) is 20.3 Å². The van der Waals surface area contributed by atoms with Gasteiger partial charge in [0.05, 0.1) is 19.1 Å². The van der Waals surface area contributed by atoms with E-state index in [4.69, 9.17) is 35.3 Å². The maximum absolute atomic E-state index is 11.5. The summed E-state index contributed by atoms with van der Waals surface area (Å²) >= 11 is 6.77. The normalized spacial score (nSPS) is 19.9. The zero-order chi connectivity index (χ0) is 39.8. The van der Waals surface area contributed by atoms with Crippen LogP contribution in [0.25, 0.3) is 33.7 Å². The Morgan fingerprint density at radius 1 is 1.04 bits per heavy atom. The number of aliphatic hydroxyl groups is 1. The highest BCUT2D eigenvalue weighted by Crippen LogP contribution is 2.43. The number of aromatic nitrogens is 3. The Morgan fingerprint density at radius 2 is 1.82 bits per heavy atom. The van der Waals surface area contributed by atoms with E-state index >= 15 is 0 Å². The van der Waals surface area contributed by atoms with Crippen LogP contribution < -0.4 is 15.0 Å². The molecular weight excluding hydrogens is 750 g/mol. The number of likely N-dealkylation sites (tertiary alicyclic amines) is 2. The second kappa shape index (κ2) is 16.2. The lowest BCUT2D eigenvalue weighted by atomic mass is 9.91. The first-order valence-electron chi connectivity index (χ1n) is 19.1. The summed E-state index contributed by atoms with van der Waals surface area (Å²) in [6, 6.07) is 16.3. The Bertz CT molecular complexity index is 2460. The molecule has 1 aliphatic carbocycles. The van der Waals surface area contributed by atoms with E-state index < -0.39 is 5.97 Å². The number of nitriles is 1. The molecule has 57 heavy (non-hydrogen) atoms. The molecule has 14 nitrogen and oxygen atoms in total. The third kappa shape index (κ3) is 7.56. The first kappa shape index (κ1) is 38.4. The second-order valence-electron chi connectivity index (χ2n) is 14.9. The van der Waals surface area contributed by atoms with Crippen LogP contribution in [0.1, 0.15) is 53.2 Å². The minimum atomic E-state index is -0.782. The van der Waals surface area contributed by atoms with E-state index in [1.165, 1.54) is 12.7 Å². The highest BCUT2D eigenvalue weighted by Gasteiger charge is 2.31. The lowest BCUT2D eigenvalue weighted by Crippen LogP contribution is -2.31. The number of fused-ring (bicyclic) bond motifs is 2. The molecule has 3 aromatic heterocycles. The molecule has 15 heteroatoms. The van der Waals surface area contributed by atoms with E-state index in [-0.39, 0.29) is 18.1 Å². The standard InChI is InChI=1S/C42H44ClN7O7/c1-24-29(31-8-5-9-33-32(31)10-11-35(33)56-41-34(43)18-26(39(46-41)54-2)21-49-15-13-28(51)23-49)6-4-7-30(24)40-45-36-37(57-40)27(19-44)22-50(38(36)47-55-3)17-16-48-14-12-25(20-48)42(52)53/h4-9,18,22,25,28,35,51H,10-17,20-21,23H2,1-3H3,(H,52,53)/b47-38-/t25-,28-,35+/m1/s1. The summed E-state index contributed by atoms with van der Waals surface area (Å²) in [7, 11) is 3.04. The van der Waals surface area contributed by atoms with Gasteiger partial charge in [-0.15, -0.1) is 0 Å². The Hall–Kier alpha value is -5.46. The fourth-order valence-electron chi connectivity index (χ4n) is 8.45. The molecule has 8 rings (SSSR count). The number of carbonyl (C=O) groups is 1. The molecule has 0 unspecified atom stereocenters. The highest BCUT2D eigenvalue weighted by atomic mass is 35.5. The number of benzene rings is 2. The van der Waals surface area contributed by atoms with Crippen LogP contribution in [-0.2, 0) is 29.1 Å². The van der Waals surface area contributed by atoms with Crippen molar-refractivity contribution in [2.45, 2.75) is 57.9 Å². The van der Waals surface area contributed by atoms with Gasteiger partial charge in [-0.25, -0.2) is 4.98 Å². The van der Waals surface area contributed by atoms with Crippen LogP contribution in [0.15, 0.2) is 58.2 Å². The van der Waals surface area contributed by atoms with Gasteiger partial charge in [0.1, 0.15) is 29.9 Å². The van der Waals surface area contributed by atoms with E-state index in [1.54, 1.807) is 13.3 Å². The molecule has 0 bridgehead atoms. The summed E-state index contributed by atoms with van der Waals surface area (Å²) in [6.07, 6.45) is 3.96. The summed E-state index contributed by atoms with van der Waals surface area (Å²) < 4.78 is 20.3. The van der Waals surface area contributed by atoms with Crippen LogP contribution in [-0.4, -0.2) is 93.6 Å². The minimum Gasteiger partial charge on any atom is -0.481 e. The summed E-state index contributed by atoms with van der Waals surface area (Å²) in [5.41, 5.74) is 8.32. The van der Waals surface area contributed by atoms with Crippen molar-refractivity contribution in [3.05, 3.63) is 87.0 Å². The van der Waals surface area contributed by atoms with Gasteiger partial charge in [-0.1, -0.05) is 47.1 Å². The Balaban J connectivity index is 1.08. The number of hydrogen-bond acceptors (Lipinski definition) is 12. The van der Waals surface area contributed by atoms with E-state index in [1.807, 2.05) is 35.8 Å². The lowest BCUT2D eigenvalue weighted by Gasteiger charge is -2.20. The van der Waals surface area contributed by atoms with Crippen LogP contribution in [0.4, 0.5) is 0 Å². The average Bonchev–Trinajstić information content (AvgIpc) is 4.03. The number of methoxy groups -OCH3 is 1. The van der Waals surface area contributed by atoms with Crippen molar-refractivity contribution in [3.8, 4) is 40.4 Å². The molecule has 3 atom stereocenters. The molecule has 5 aromatic rings. The van der Waals surface area contributed by atoms with Gasteiger partial charge >= 0.3 is 5.97 Å². The van der Waals surface area contributed by atoms with E-state index in [0.29, 0.717) is 90.5 Å². The number of carboxylic acids is 1. The van der Waals surface area contributed by atoms with Crippen molar-refractivity contribution in [1.29, 1.82) is 5.26 Å². The third-order valence-electron chi connectivity index (χ3n) is 11.4. The number of rotatable bonds is 12. The molecule has 3 aliphatic rings. The zero-order valence-electron chi connectivity index (χ0n) is 32.1. The maximum Gasteiger partial charge on any atom is 0.307 e. The molecule has 296 valence electrons. The topological polar surface area (TPSA) is 172 Å². The van der Waals surface area contributed by atoms with Gasteiger partial charge in [-0.05, 0) is 79.1 Å². The van der Waals surface area contributed by atoms with Crippen molar-refractivity contribution in [2.24, 2.45) is 11.1 Å². The van der Waals surface area contributed by atoms with Gasteiger partial charge in [0, 0.05) is 56.6 Å². The number of aliphatic carboxylic acids is 1. The van der Waals surface area contributed by atoms with Crippen LogP contribution >= 0.6 is 11.6 Å². The predicted octanol–water partition coefficient (Wildman–Crippen LogP) is 5.70. The average molecular weight is 794 g/mol. The van der Waals surface area contributed by atoms with Crippen molar-refractivity contribution >= 4 is 28.7 Å². The second-order valence-corrected chi connectivity index (χ2v) is 15.3. The van der Waals surface area contributed by atoms with Crippen molar-refractivity contribution < 1.29 is 33.7 Å². The molecule has 2 N–H and O–H groups in total. The molecule has 5 heterocycles. The van der Waals surface area contributed by atoms with E-state index in [2.05, 4.69) is 44.2 Å². The van der Waals surface area contributed by atoms with Gasteiger partial charge < -0.3 is 38.4 Å². The van der Waals surface area contributed by atoms with Crippen molar-refractivity contribution in [1.82, 2.24) is 24.3 Å². The fourth-order valence-corrected chi connectivity index (χ4v) is 8.67. The summed E-state index contributed by atoms with van der Waals surface area (Å²) in [4.78, 5) is 30.6. The molecule has 2 saturated heterocycles. The number of carboxylic acid groups (broad SMARTS) is 1. The van der Waals surface area contributed by atoms with Crippen molar-refractivity contribution in [3.63, 3.8) is 0 Å². The Kier molecular flexibility index (Phi) is 10.9. The minimum absolute atomic E-state index is 0.266. The van der Waals surface area contributed by atoms with Crippen LogP contribution in [0, 0.1) is 24.2 Å². The summed E-state index contributed by atoms with van der Waals surface area (Å²) in [6.45, 7) is 6.19. The Labute approximate surface area is 334 Å². The monoisotopic (exact) mass is 793 g/mol. The lowest BCUT2D eigenvalue weighted by molar-refractivity contribution is -0.141. The molecule has 2 aliphatic heterocycles. The molecular formula is C42H44ClN7O7. The smallest absolute Gasteiger partial charge is 0.307 e. The molecule has 0 amide bonds. The van der Waals surface area contributed by atoms with Crippen LogP contribution in [0.5, 0.6) is 11.8 Å². The van der Waals surface area contributed by atoms with Gasteiger partial charge in [-0.3, -0.25) is 9.69 Å². The number of halogens is 1. The van der Waals surface area contributed by atoms with Gasteiger partial charge in [0.25, 0.3) is 0 Å². The molecule has 0 saturated carbocycles. The Morgan fingerprint density at radius 3 is 2.56 bits per heavy atom. The van der Waals surface area contributed by atoms with Gasteiger partial charge in [0.2, 0.25) is 23.1 Å². The SMILES string of the molecule is CO/N=c1/c2nc(-c3cccc(-c4cccc5c4CC[C@@H]5Oc4nc(OC)c(CN5CC[C@@H](O)C5)cc4Cl)c3C)oc2c(C#N)cn1CCN1CC[C@@H](C(=O)O)C1. The van der Waals surface area contributed by atoms with Crippen molar-refractivity contribution in [2.75, 3.05) is 46.9 Å². The van der Waals surface area contributed by atoms with Gasteiger partial charge in [0.15, 0.2) is 11.1 Å². The molecule has 0 spiro atoms. The molecule has 2 aromatic carbocycles. The number of pyridine rings is 2. The first-order valence-corrected chi connectivity index (χ1v) is 19.5. The number of oxazole rings is 1. The summed E-state index contributed by atoms with van der Waals surface area (Å²) in [5.74, 6) is -0.0482. The van der Waals surface area contributed by atoms with E-state index in [0.717, 1.165) is 59.2 Å². The number of ether oxygens (including phenoxy) is 2. The fraction of sp³-hybridized carbons (Fsp3) is 0.405.